The lowest BCUT2D eigenvalue weighted by Gasteiger charge is -2.26. The number of aromatic nitrogens is 3. The van der Waals surface area contributed by atoms with Gasteiger partial charge in [-0.25, -0.2) is 15.0 Å². The normalized spacial score (nSPS) is 17.6. The van der Waals surface area contributed by atoms with Gasteiger partial charge in [0.15, 0.2) is 0 Å². The van der Waals surface area contributed by atoms with Crippen LogP contribution in [0.1, 0.15) is 19.8 Å². The zero-order valence-corrected chi connectivity index (χ0v) is 13.4. The molecule has 1 atom stereocenters. The average Bonchev–Trinajstić information content (AvgIpc) is 3.04. The van der Waals surface area contributed by atoms with Crippen LogP contribution in [-0.2, 0) is 4.79 Å². The van der Waals surface area contributed by atoms with Gasteiger partial charge in [-0.3, -0.25) is 4.79 Å². The first-order chi connectivity index (χ1) is 11.8. The molecule has 0 spiro atoms. The third kappa shape index (κ3) is 3.86. The van der Waals surface area contributed by atoms with Crippen molar-refractivity contribution in [3.05, 3.63) is 30.6 Å². The molecule has 2 aromatic rings. The molecule has 1 saturated heterocycles. The van der Waals surface area contributed by atoms with Gasteiger partial charge in [-0.2, -0.15) is 13.2 Å². The number of halogens is 3. The molecule has 6 nitrogen and oxygen atoms in total. The summed E-state index contributed by atoms with van der Waals surface area (Å²) in [6.07, 6.45) is -0.917. The second-order valence-electron chi connectivity index (χ2n) is 5.75. The molecule has 0 aliphatic carbocycles. The number of amides is 1. The molecule has 25 heavy (non-hydrogen) atoms. The number of rotatable bonds is 3. The van der Waals surface area contributed by atoms with E-state index in [-0.39, 0.29) is 24.8 Å². The summed E-state index contributed by atoms with van der Waals surface area (Å²) in [5.41, 5.74) is 1.07. The smallest absolute Gasteiger partial charge is 0.329 e. The highest BCUT2D eigenvalue weighted by atomic mass is 19.4. The van der Waals surface area contributed by atoms with Crippen LogP contribution in [0, 0.1) is 0 Å². The van der Waals surface area contributed by atoms with Crippen LogP contribution in [-0.4, -0.2) is 39.6 Å². The van der Waals surface area contributed by atoms with Crippen LogP contribution in [0.5, 0.6) is 0 Å². The van der Waals surface area contributed by atoms with Crippen LogP contribution < -0.4 is 10.2 Å². The highest BCUT2D eigenvalue weighted by Gasteiger charge is 2.46. The molecule has 9 heteroatoms. The molecule has 0 radical (unpaired) electrons. The van der Waals surface area contributed by atoms with Crippen LogP contribution in [0.15, 0.2) is 30.6 Å². The maximum absolute atomic E-state index is 13.0. The van der Waals surface area contributed by atoms with E-state index in [1.165, 1.54) is 24.2 Å². The van der Waals surface area contributed by atoms with Crippen molar-refractivity contribution in [2.24, 2.45) is 0 Å². The van der Waals surface area contributed by atoms with Crippen LogP contribution in [0.2, 0.25) is 0 Å². The summed E-state index contributed by atoms with van der Waals surface area (Å²) in [6.45, 7) is 1.65. The minimum Gasteiger partial charge on any atom is -0.329 e. The monoisotopic (exact) mass is 351 g/mol. The van der Waals surface area contributed by atoms with Crippen LogP contribution in [0.25, 0.3) is 11.3 Å². The molecule has 1 amide bonds. The lowest BCUT2D eigenvalue weighted by Crippen LogP contribution is -2.42. The first kappa shape index (κ1) is 17.1. The fourth-order valence-corrected chi connectivity index (χ4v) is 2.79. The Morgan fingerprint density at radius 3 is 2.64 bits per heavy atom. The molecule has 1 N–H and O–H groups in total. The lowest BCUT2D eigenvalue weighted by atomic mass is 10.2. The minimum atomic E-state index is -4.30. The number of carbonyl (C=O) groups is 1. The highest BCUT2D eigenvalue weighted by Crippen LogP contribution is 2.34. The van der Waals surface area contributed by atoms with Crippen molar-refractivity contribution >= 4 is 17.7 Å². The quantitative estimate of drug-likeness (QED) is 0.920. The number of hydrogen-bond acceptors (Lipinski definition) is 5. The van der Waals surface area contributed by atoms with Crippen molar-refractivity contribution < 1.29 is 18.0 Å². The van der Waals surface area contributed by atoms with E-state index in [2.05, 4.69) is 20.3 Å². The molecule has 1 fully saturated rings. The van der Waals surface area contributed by atoms with Gasteiger partial charge in [-0.1, -0.05) is 6.07 Å². The Labute approximate surface area is 142 Å². The van der Waals surface area contributed by atoms with Crippen molar-refractivity contribution in [2.75, 3.05) is 16.8 Å². The molecular formula is C16H16F3N5O. The largest absolute Gasteiger partial charge is 0.408 e. The van der Waals surface area contributed by atoms with E-state index in [9.17, 15) is 18.0 Å². The Balaban J connectivity index is 1.82. The Bertz CT molecular complexity index is 763. The van der Waals surface area contributed by atoms with E-state index in [1.54, 1.807) is 18.2 Å². The fraction of sp³-hybridized carbons (Fsp3) is 0.375. The molecule has 132 valence electrons. The summed E-state index contributed by atoms with van der Waals surface area (Å²) >= 11 is 0. The first-order valence-corrected chi connectivity index (χ1v) is 7.75. The molecular weight excluding hydrogens is 335 g/mol. The minimum absolute atomic E-state index is 0.0505. The van der Waals surface area contributed by atoms with Crippen LogP contribution >= 0.6 is 0 Å². The Morgan fingerprint density at radius 2 is 2.00 bits per heavy atom. The fourth-order valence-electron chi connectivity index (χ4n) is 2.79. The Hall–Kier alpha value is -2.71. The summed E-state index contributed by atoms with van der Waals surface area (Å²) in [5, 5.41) is 2.57. The van der Waals surface area contributed by atoms with E-state index in [0.717, 1.165) is 0 Å². The van der Waals surface area contributed by atoms with Crippen LogP contribution in [0.4, 0.5) is 24.9 Å². The third-order valence-electron chi connectivity index (χ3n) is 3.87. The number of carbonyl (C=O) groups excluding carboxylic acids is 1. The van der Waals surface area contributed by atoms with Gasteiger partial charge in [0.25, 0.3) is 0 Å². The van der Waals surface area contributed by atoms with Crippen molar-refractivity contribution in [1.82, 2.24) is 15.0 Å². The molecule has 0 bridgehead atoms. The summed E-state index contributed by atoms with van der Waals surface area (Å²) in [4.78, 5) is 24.7. The van der Waals surface area contributed by atoms with Gasteiger partial charge >= 0.3 is 6.18 Å². The summed E-state index contributed by atoms with van der Waals surface area (Å²) in [6, 6.07) is 3.51. The van der Waals surface area contributed by atoms with E-state index >= 15 is 0 Å². The number of pyridine rings is 1. The van der Waals surface area contributed by atoms with Gasteiger partial charge in [0.05, 0.1) is 5.69 Å². The van der Waals surface area contributed by atoms with Gasteiger partial charge in [0, 0.05) is 31.4 Å². The van der Waals surface area contributed by atoms with Crippen molar-refractivity contribution in [3.8, 4) is 11.3 Å². The zero-order chi connectivity index (χ0) is 18.0. The number of anilines is 2. The zero-order valence-electron chi connectivity index (χ0n) is 13.4. The highest BCUT2D eigenvalue weighted by molar-refractivity contribution is 5.87. The van der Waals surface area contributed by atoms with Gasteiger partial charge in [-0.05, 0) is 25.0 Å². The lowest BCUT2D eigenvalue weighted by molar-refractivity contribution is -0.146. The van der Waals surface area contributed by atoms with Gasteiger partial charge < -0.3 is 10.2 Å². The standard InChI is InChI=1S/C16H16F3N5O/c1-10(25)22-14-6-2-4-12(23-14)11-8-20-15(21-9-11)24-7-3-5-13(24)16(17,18)19/h2,4,6,8-9,13H,3,5,7H2,1H3,(H,22,23,25). The molecule has 0 saturated carbocycles. The summed E-state index contributed by atoms with van der Waals surface area (Å²) in [5.74, 6) is 0.191. The average molecular weight is 351 g/mol. The SMILES string of the molecule is CC(=O)Nc1cccc(-c2cnc(N3CCCC3C(F)(F)F)nc2)n1. The Kier molecular flexibility index (Phi) is 4.56. The van der Waals surface area contributed by atoms with Gasteiger partial charge in [0.1, 0.15) is 11.9 Å². The Morgan fingerprint density at radius 1 is 1.28 bits per heavy atom. The summed E-state index contributed by atoms with van der Waals surface area (Å²) in [7, 11) is 0. The van der Waals surface area contributed by atoms with Crippen LogP contribution in [0.3, 0.4) is 0 Å². The van der Waals surface area contributed by atoms with E-state index in [0.29, 0.717) is 23.5 Å². The third-order valence-corrected chi connectivity index (χ3v) is 3.87. The molecule has 1 unspecified atom stereocenters. The predicted molar refractivity (Wildman–Crippen MR) is 86.0 cm³/mol. The molecule has 3 heterocycles. The number of nitrogens with zero attached hydrogens (tertiary/aromatic N) is 4. The van der Waals surface area contributed by atoms with Gasteiger partial charge in [-0.15, -0.1) is 0 Å². The van der Waals surface area contributed by atoms with Crippen molar-refractivity contribution in [2.45, 2.75) is 32.0 Å². The maximum Gasteiger partial charge on any atom is 0.408 e. The maximum atomic E-state index is 13.0. The molecule has 1 aliphatic heterocycles. The predicted octanol–water partition coefficient (Wildman–Crippen LogP) is 3.03. The van der Waals surface area contributed by atoms with Crippen molar-refractivity contribution in [1.29, 1.82) is 0 Å². The number of hydrogen-bond donors (Lipinski definition) is 1. The first-order valence-electron chi connectivity index (χ1n) is 7.75. The van der Waals surface area contributed by atoms with E-state index in [1.807, 2.05) is 0 Å². The molecule has 1 aliphatic rings. The molecule has 3 rings (SSSR count). The molecule has 2 aromatic heterocycles. The summed E-state index contributed by atoms with van der Waals surface area (Å²) < 4.78 is 39.1. The number of alkyl halides is 3. The van der Waals surface area contributed by atoms with E-state index in [4.69, 9.17) is 0 Å². The van der Waals surface area contributed by atoms with E-state index < -0.39 is 12.2 Å². The molecule has 0 aromatic carbocycles. The second kappa shape index (κ2) is 6.66. The second-order valence-corrected chi connectivity index (χ2v) is 5.75. The number of nitrogens with one attached hydrogen (secondary N) is 1. The van der Waals surface area contributed by atoms with Gasteiger partial charge in [0.2, 0.25) is 11.9 Å². The topological polar surface area (TPSA) is 71.0 Å². The van der Waals surface area contributed by atoms with Crippen molar-refractivity contribution in [3.63, 3.8) is 0 Å².